The SMILES string of the molecule is CON(C)C(=O)c1cn(CCCN(C)CCc2c[nH]c3ccccc23)c2ccccc12. The van der Waals surface area contributed by atoms with Gasteiger partial charge in [-0.05, 0) is 44.1 Å². The molecule has 6 heteroatoms. The van der Waals surface area contributed by atoms with Crippen LogP contribution in [0.3, 0.4) is 0 Å². The molecule has 31 heavy (non-hydrogen) atoms. The van der Waals surface area contributed by atoms with E-state index >= 15 is 0 Å². The molecule has 0 saturated heterocycles. The van der Waals surface area contributed by atoms with Gasteiger partial charge < -0.3 is 14.5 Å². The summed E-state index contributed by atoms with van der Waals surface area (Å²) in [5, 5.41) is 3.54. The maximum Gasteiger partial charge on any atom is 0.279 e. The number of aromatic amines is 1. The van der Waals surface area contributed by atoms with Crippen LogP contribution >= 0.6 is 0 Å². The van der Waals surface area contributed by atoms with Crippen molar-refractivity contribution < 1.29 is 9.63 Å². The van der Waals surface area contributed by atoms with E-state index in [1.807, 2.05) is 24.4 Å². The number of rotatable bonds is 9. The molecule has 162 valence electrons. The van der Waals surface area contributed by atoms with Crippen LogP contribution in [0.15, 0.2) is 60.9 Å². The first-order chi connectivity index (χ1) is 15.1. The maximum atomic E-state index is 12.7. The fraction of sp³-hybridized carbons (Fsp3) is 0.320. The predicted octanol–water partition coefficient (Wildman–Crippen LogP) is 4.32. The molecule has 0 fully saturated rings. The van der Waals surface area contributed by atoms with E-state index in [4.69, 9.17) is 4.84 Å². The molecule has 2 heterocycles. The number of nitrogens with one attached hydrogen (secondary N) is 1. The van der Waals surface area contributed by atoms with Crippen LogP contribution in [0.25, 0.3) is 21.8 Å². The van der Waals surface area contributed by atoms with E-state index < -0.39 is 0 Å². The zero-order valence-corrected chi connectivity index (χ0v) is 18.5. The first-order valence-electron chi connectivity index (χ1n) is 10.7. The van der Waals surface area contributed by atoms with Crippen molar-refractivity contribution in [2.75, 3.05) is 34.3 Å². The molecule has 2 aromatic heterocycles. The third-order valence-corrected chi connectivity index (χ3v) is 5.96. The Kier molecular flexibility index (Phi) is 6.39. The summed E-state index contributed by atoms with van der Waals surface area (Å²) in [4.78, 5) is 23.5. The molecule has 0 aliphatic carbocycles. The second-order valence-corrected chi connectivity index (χ2v) is 8.00. The summed E-state index contributed by atoms with van der Waals surface area (Å²) in [6.07, 6.45) is 6.11. The van der Waals surface area contributed by atoms with Crippen LogP contribution < -0.4 is 0 Å². The molecule has 0 bridgehead atoms. The second kappa shape index (κ2) is 9.37. The molecule has 1 amide bonds. The Morgan fingerprint density at radius 3 is 2.58 bits per heavy atom. The van der Waals surface area contributed by atoms with Crippen LogP contribution in [0, 0.1) is 0 Å². The second-order valence-electron chi connectivity index (χ2n) is 8.00. The average Bonchev–Trinajstić information content (AvgIpc) is 3.38. The van der Waals surface area contributed by atoms with Crippen molar-refractivity contribution in [1.29, 1.82) is 0 Å². The quantitative estimate of drug-likeness (QED) is 0.412. The average molecular weight is 419 g/mol. The summed E-state index contributed by atoms with van der Waals surface area (Å²) in [6.45, 7) is 2.87. The van der Waals surface area contributed by atoms with Crippen molar-refractivity contribution in [3.8, 4) is 0 Å². The molecule has 0 aliphatic heterocycles. The fourth-order valence-electron chi connectivity index (χ4n) is 4.13. The minimum absolute atomic E-state index is 0.131. The number of carbonyl (C=O) groups excluding carboxylic acids is 1. The molecule has 0 atom stereocenters. The Morgan fingerprint density at radius 1 is 1.03 bits per heavy atom. The number of likely N-dealkylation sites (N-methyl/N-ethyl adjacent to an activating group) is 1. The van der Waals surface area contributed by atoms with Gasteiger partial charge in [0, 0.05) is 54.3 Å². The minimum Gasteiger partial charge on any atom is -0.361 e. The van der Waals surface area contributed by atoms with E-state index in [1.54, 1.807) is 7.05 Å². The van der Waals surface area contributed by atoms with Crippen molar-refractivity contribution >= 4 is 27.7 Å². The molecule has 0 unspecified atom stereocenters. The molecular weight excluding hydrogens is 388 g/mol. The van der Waals surface area contributed by atoms with E-state index in [1.165, 1.54) is 28.6 Å². The number of hydrogen-bond donors (Lipinski definition) is 1. The van der Waals surface area contributed by atoms with Gasteiger partial charge in [0.15, 0.2) is 0 Å². The first kappa shape index (κ1) is 21.2. The molecule has 0 aliphatic rings. The summed E-state index contributed by atoms with van der Waals surface area (Å²) >= 11 is 0. The Bertz CT molecular complexity index is 1180. The van der Waals surface area contributed by atoms with Gasteiger partial charge in [-0.1, -0.05) is 36.4 Å². The molecular formula is C25H30N4O2. The zero-order valence-electron chi connectivity index (χ0n) is 18.5. The largest absolute Gasteiger partial charge is 0.361 e. The Labute approximate surface area is 183 Å². The summed E-state index contributed by atoms with van der Waals surface area (Å²) in [6, 6.07) is 16.5. The van der Waals surface area contributed by atoms with Crippen LogP contribution in [-0.4, -0.2) is 59.7 Å². The molecule has 0 spiro atoms. The van der Waals surface area contributed by atoms with E-state index in [9.17, 15) is 4.79 Å². The first-order valence-corrected chi connectivity index (χ1v) is 10.7. The lowest BCUT2D eigenvalue weighted by Gasteiger charge is -2.16. The molecule has 1 N–H and O–H groups in total. The van der Waals surface area contributed by atoms with Crippen LogP contribution in [0.1, 0.15) is 22.3 Å². The number of carbonyl (C=O) groups is 1. The van der Waals surface area contributed by atoms with Crippen LogP contribution in [0.2, 0.25) is 0 Å². The fourth-order valence-corrected chi connectivity index (χ4v) is 4.13. The topological polar surface area (TPSA) is 53.5 Å². The Morgan fingerprint density at radius 2 is 1.77 bits per heavy atom. The Balaban J connectivity index is 1.36. The lowest BCUT2D eigenvalue weighted by Crippen LogP contribution is -2.25. The van der Waals surface area contributed by atoms with Gasteiger partial charge in [0.2, 0.25) is 0 Å². The van der Waals surface area contributed by atoms with Gasteiger partial charge in [-0.3, -0.25) is 9.63 Å². The van der Waals surface area contributed by atoms with Gasteiger partial charge in [-0.15, -0.1) is 0 Å². The Hall–Kier alpha value is -3.09. The zero-order chi connectivity index (χ0) is 21.8. The van der Waals surface area contributed by atoms with Gasteiger partial charge in [-0.25, -0.2) is 5.06 Å². The highest BCUT2D eigenvalue weighted by Gasteiger charge is 2.18. The molecule has 6 nitrogen and oxygen atoms in total. The number of benzene rings is 2. The van der Waals surface area contributed by atoms with Crippen molar-refractivity contribution in [2.45, 2.75) is 19.4 Å². The third-order valence-electron chi connectivity index (χ3n) is 5.96. The third kappa shape index (κ3) is 4.50. The number of amides is 1. The number of para-hydroxylation sites is 2. The van der Waals surface area contributed by atoms with E-state index in [0.717, 1.165) is 43.4 Å². The van der Waals surface area contributed by atoms with Gasteiger partial charge in [0.25, 0.3) is 5.91 Å². The maximum absolute atomic E-state index is 12.7. The summed E-state index contributed by atoms with van der Waals surface area (Å²) in [5.41, 5.74) is 4.32. The summed E-state index contributed by atoms with van der Waals surface area (Å²) in [5.74, 6) is -0.131. The van der Waals surface area contributed by atoms with E-state index in [2.05, 4.69) is 58.0 Å². The molecule has 0 radical (unpaired) electrons. The van der Waals surface area contributed by atoms with Gasteiger partial charge in [0.1, 0.15) is 0 Å². The highest BCUT2D eigenvalue weighted by atomic mass is 16.7. The van der Waals surface area contributed by atoms with Crippen LogP contribution in [-0.2, 0) is 17.8 Å². The molecule has 2 aromatic carbocycles. The lowest BCUT2D eigenvalue weighted by molar-refractivity contribution is -0.0755. The van der Waals surface area contributed by atoms with Crippen molar-refractivity contribution in [3.05, 3.63) is 72.1 Å². The number of H-pyrrole nitrogens is 1. The minimum atomic E-state index is -0.131. The van der Waals surface area contributed by atoms with Crippen molar-refractivity contribution in [1.82, 2.24) is 19.5 Å². The lowest BCUT2D eigenvalue weighted by atomic mass is 10.1. The smallest absolute Gasteiger partial charge is 0.279 e. The monoisotopic (exact) mass is 418 g/mol. The predicted molar refractivity (Wildman–Crippen MR) is 125 cm³/mol. The van der Waals surface area contributed by atoms with Gasteiger partial charge >= 0.3 is 0 Å². The summed E-state index contributed by atoms with van der Waals surface area (Å²) in [7, 11) is 5.31. The molecule has 4 aromatic rings. The van der Waals surface area contributed by atoms with Gasteiger partial charge in [0.05, 0.1) is 12.7 Å². The highest BCUT2D eigenvalue weighted by molar-refractivity contribution is 6.06. The number of hydrogen-bond acceptors (Lipinski definition) is 3. The normalized spacial score (nSPS) is 11.6. The molecule has 4 rings (SSSR count). The van der Waals surface area contributed by atoms with Crippen molar-refractivity contribution in [2.24, 2.45) is 0 Å². The number of aryl methyl sites for hydroxylation is 1. The standard InChI is InChI=1S/C25H30N4O2/c1-27(16-13-19-17-26-23-11-6-4-9-20(19)23)14-8-15-29-18-22(25(30)28(2)31-3)21-10-5-7-12-24(21)29/h4-7,9-12,17-18,26H,8,13-16H2,1-3H3. The van der Waals surface area contributed by atoms with Crippen LogP contribution in [0.5, 0.6) is 0 Å². The number of hydroxylamine groups is 2. The van der Waals surface area contributed by atoms with Gasteiger partial charge in [-0.2, -0.15) is 0 Å². The number of nitrogens with zero attached hydrogens (tertiary/aromatic N) is 3. The molecule has 0 saturated carbocycles. The summed E-state index contributed by atoms with van der Waals surface area (Å²) < 4.78 is 2.18. The van der Waals surface area contributed by atoms with Crippen molar-refractivity contribution in [3.63, 3.8) is 0 Å². The number of aromatic nitrogens is 2. The van der Waals surface area contributed by atoms with E-state index in [-0.39, 0.29) is 5.91 Å². The van der Waals surface area contributed by atoms with E-state index in [0.29, 0.717) is 5.56 Å². The highest BCUT2D eigenvalue weighted by Crippen LogP contribution is 2.23. The van der Waals surface area contributed by atoms with Crippen LogP contribution in [0.4, 0.5) is 0 Å². The number of fused-ring (bicyclic) bond motifs is 2.